The van der Waals surface area contributed by atoms with Gasteiger partial charge in [0.05, 0.1) is 0 Å². The molecule has 0 bridgehead atoms. The second kappa shape index (κ2) is 5.22. The monoisotopic (exact) mass is 207 g/mol. The van der Waals surface area contributed by atoms with E-state index < -0.39 is 9.05 Å². The Bertz CT molecular complexity index is 27.2. The third-order valence-corrected chi connectivity index (χ3v) is 0. The molecule has 0 saturated heterocycles. The molecule has 0 heterocycles. The molecule has 0 spiro atoms. The second-order valence-corrected chi connectivity index (χ2v) is 1.50. The average Bonchev–Trinajstić information content (AvgIpc) is 0.722. The Labute approximate surface area is 62.3 Å². The Morgan fingerprint density at radius 3 is 0.857 bits per heavy atom. The maximum Gasteiger partial charge on any atom is 2.00 e. The predicted molar refractivity (Wildman–Crippen MR) is 5.75 cm³/mol. The van der Waals surface area contributed by atoms with Crippen LogP contribution in [0.2, 0.25) is 0 Å². The molecule has 0 N–H and O–H groups in total. The van der Waals surface area contributed by atoms with Gasteiger partial charge in [-0.3, -0.25) is 0 Å². The molecule has 45 valence electrons. The molecule has 0 fully saturated rings. The third kappa shape index (κ3) is 156. The van der Waals surface area contributed by atoms with Crippen LogP contribution in [-0.4, -0.2) is 9.05 Å². The van der Waals surface area contributed by atoms with Crippen LogP contribution >= 0.6 is 0 Å². The van der Waals surface area contributed by atoms with Gasteiger partial charge in [0.25, 0.3) is 0 Å². The first-order chi connectivity index (χ1) is 2.00. The molecular weight excluding hydrogens is 207 g/mol. The topological polar surface area (TPSA) is 92.2 Å². The van der Waals surface area contributed by atoms with Crippen LogP contribution in [0.25, 0.3) is 0 Å². The summed E-state index contributed by atoms with van der Waals surface area (Å²) in [5, 5.41) is 0. The van der Waals surface area contributed by atoms with Crippen LogP contribution in [0.4, 0.5) is 0 Å². The normalized spacial score (nSPS) is 8.57. The number of hydrogen-bond donors (Lipinski definition) is 0. The molecule has 0 amide bonds. The molecule has 1 radical (unpaired) electrons. The van der Waals surface area contributed by atoms with Crippen molar-refractivity contribution in [3.05, 3.63) is 0 Å². The van der Waals surface area contributed by atoms with E-state index in [1.54, 1.807) is 0 Å². The van der Waals surface area contributed by atoms with E-state index in [0.717, 1.165) is 0 Å². The van der Waals surface area contributed by atoms with Gasteiger partial charge in [-0.1, -0.05) is 0 Å². The molecule has 0 aliphatic rings. The molecule has 0 rings (SSSR count). The average molecular weight is 207 g/mol. The number of hydrogen-bond acceptors (Lipinski definition) is 4. The molecular formula is CoFeO4Si. The van der Waals surface area contributed by atoms with Crippen molar-refractivity contribution in [1.82, 2.24) is 0 Å². The summed E-state index contributed by atoms with van der Waals surface area (Å²) in [6, 6.07) is 0. The second-order valence-electron chi connectivity index (χ2n) is 0.500. The summed E-state index contributed by atoms with van der Waals surface area (Å²) in [5.74, 6) is 0. The maximum absolute atomic E-state index is 8.58. The fourth-order valence-corrected chi connectivity index (χ4v) is 0. The Kier molecular flexibility index (Phi) is 11.7. The Balaban J connectivity index is -0.0000000800. The van der Waals surface area contributed by atoms with E-state index in [9.17, 15) is 0 Å². The molecule has 0 saturated carbocycles. The zero-order chi connectivity index (χ0) is 4.50. The summed E-state index contributed by atoms with van der Waals surface area (Å²) in [6.45, 7) is 0. The molecule has 0 aromatic heterocycles. The van der Waals surface area contributed by atoms with E-state index in [1.165, 1.54) is 0 Å². The van der Waals surface area contributed by atoms with Gasteiger partial charge in [-0.2, -0.15) is 0 Å². The zero-order valence-corrected chi connectivity index (χ0v) is 5.97. The first-order valence-electron chi connectivity index (χ1n) is 0.816. The van der Waals surface area contributed by atoms with Crippen molar-refractivity contribution in [3.63, 3.8) is 0 Å². The molecule has 0 atom stereocenters. The Hall–Kier alpha value is 1.08. The number of rotatable bonds is 0. The van der Waals surface area contributed by atoms with Crippen LogP contribution < -0.4 is 19.2 Å². The molecule has 0 aromatic rings. The Morgan fingerprint density at radius 2 is 0.857 bits per heavy atom. The van der Waals surface area contributed by atoms with E-state index in [4.69, 9.17) is 19.2 Å². The van der Waals surface area contributed by atoms with Crippen molar-refractivity contribution in [1.29, 1.82) is 0 Å². The summed E-state index contributed by atoms with van der Waals surface area (Å²) in [5.41, 5.74) is 0. The molecule has 7 heavy (non-hydrogen) atoms. The van der Waals surface area contributed by atoms with Gasteiger partial charge < -0.3 is 28.2 Å². The fourth-order valence-electron chi connectivity index (χ4n) is 0. The molecule has 0 aliphatic carbocycles. The van der Waals surface area contributed by atoms with Crippen molar-refractivity contribution in [2.24, 2.45) is 0 Å². The third-order valence-electron chi connectivity index (χ3n) is 0. The van der Waals surface area contributed by atoms with Gasteiger partial charge in [-0.25, -0.2) is 0 Å². The minimum absolute atomic E-state index is 0. The van der Waals surface area contributed by atoms with Gasteiger partial charge in [0.2, 0.25) is 0 Å². The van der Waals surface area contributed by atoms with Gasteiger partial charge in [-0.15, -0.1) is 0 Å². The summed E-state index contributed by atoms with van der Waals surface area (Å²) in [4.78, 5) is 34.3. The van der Waals surface area contributed by atoms with Crippen LogP contribution in [0.15, 0.2) is 0 Å². The van der Waals surface area contributed by atoms with Crippen LogP contribution in [0.1, 0.15) is 0 Å². The predicted octanol–water partition coefficient (Wildman–Crippen LogP) is -5.14. The van der Waals surface area contributed by atoms with Gasteiger partial charge in [0, 0.05) is 0 Å². The summed E-state index contributed by atoms with van der Waals surface area (Å²) >= 11 is 0. The van der Waals surface area contributed by atoms with Gasteiger partial charge in [0.15, 0.2) is 0 Å². The van der Waals surface area contributed by atoms with E-state index in [2.05, 4.69) is 0 Å². The quantitative estimate of drug-likeness (QED) is 0.371. The first kappa shape index (κ1) is 15.7. The van der Waals surface area contributed by atoms with Crippen molar-refractivity contribution >= 4 is 9.05 Å². The summed E-state index contributed by atoms with van der Waals surface area (Å²) in [7, 11) is -5.61. The van der Waals surface area contributed by atoms with E-state index >= 15 is 0 Å². The summed E-state index contributed by atoms with van der Waals surface area (Å²) in [6.07, 6.45) is 0. The van der Waals surface area contributed by atoms with Crippen molar-refractivity contribution in [2.45, 2.75) is 0 Å². The molecule has 4 nitrogen and oxygen atoms in total. The van der Waals surface area contributed by atoms with Crippen molar-refractivity contribution < 1.29 is 53.0 Å². The van der Waals surface area contributed by atoms with Crippen LogP contribution in [0.3, 0.4) is 0 Å². The van der Waals surface area contributed by atoms with Crippen molar-refractivity contribution in [3.8, 4) is 0 Å². The maximum atomic E-state index is 8.58. The van der Waals surface area contributed by atoms with Gasteiger partial charge in [-0.05, 0) is 0 Å². The SMILES string of the molecule is [Co+2].[Fe+2].[O-][Si]([O-])([O-])[O-]. The van der Waals surface area contributed by atoms with E-state index in [1.807, 2.05) is 0 Å². The minimum Gasteiger partial charge on any atom is -0.894 e. The first-order valence-corrected chi connectivity index (χ1v) is 2.45. The standard InChI is InChI=1S/Co.Fe.O4Si/c;;1-5(2,3)4/q2*+2;-4. The van der Waals surface area contributed by atoms with Crippen LogP contribution in [0, 0.1) is 0 Å². The minimum atomic E-state index is -5.61. The van der Waals surface area contributed by atoms with E-state index in [-0.39, 0.29) is 33.8 Å². The smallest absolute Gasteiger partial charge is 0.894 e. The molecule has 0 aliphatic heterocycles. The molecule has 7 heteroatoms. The molecule has 0 aromatic carbocycles. The molecule has 0 unspecified atom stereocenters. The van der Waals surface area contributed by atoms with Gasteiger partial charge in [0.1, 0.15) is 0 Å². The van der Waals surface area contributed by atoms with Crippen LogP contribution in [-0.2, 0) is 33.8 Å². The largest absolute Gasteiger partial charge is 2.00 e. The van der Waals surface area contributed by atoms with Crippen LogP contribution in [0.5, 0.6) is 0 Å². The van der Waals surface area contributed by atoms with Crippen molar-refractivity contribution in [2.75, 3.05) is 0 Å². The zero-order valence-electron chi connectivity index (χ0n) is 2.82. The fraction of sp³-hybridized carbons (Fsp3) is 0. The van der Waals surface area contributed by atoms with Gasteiger partial charge >= 0.3 is 33.8 Å². The Morgan fingerprint density at radius 1 is 0.857 bits per heavy atom. The summed E-state index contributed by atoms with van der Waals surface area (Å²) < 4.78 is 0. The van der Waals surface area contributed by atoms with E-state index in [0.29, 0.717) is 0 Å².